The number of carbonyl (C=O) groups excluding carboxylic acids is 1. The minimum absolute atomic E-state index is 0.269. The highest BCUT2D eigenvalue weighted by molar-refractivity contribution is 7.15. The first kappa shape index (κ1) is 22.8. The van der Waals surface area contributed by atoms with Crippen LogP contribution in [0.4, 0.5) is 14.9 Å². The number of fused-ring (bicyclic) bond motifs is 5. The normalized spacial score (nSPS) is 17.1. The van der Waals surface area contributed by atoms with Crippen molar-refractivity contribution in [3.63, 3.8) is 0 Å². The topological polar surface area (TPSA) is 49.7 Å². The van der Waals surface area contributed by atoms with Crippen LogP contribution in [-0.2, 0) is 19.5 Å². The highest BCUT2D eigenvalue weighted by Crippen LogP contribution is 2.43. The summed E-state index contributed by atoms with van der Waals surface area (Å²) < 4.78 is 21.5. The summed E-state index contributed by atoms with van der Waals surface area (Å²) >= 11 is 1.82. The molecule has 2 aliphatic rings. The molecule has 2 aromatic heterocycles. The Morgan fingerprint density at radius 3 is 2.69 bits per heavy atom. The zero-order valence-corrected chi connectivity index (χ0v) is 21.0. The molecule has 1 N–H and O–H groups in total. The minimum Gasteiger partial charge on any atom is -0.497 e. The zero-order chi connectivity index (χ0) is 24.8. The van der Waals surface area contributed by atoms with Crippen LogP contribution in [0.3, 0.4) is 0 Å². The highest BCUT2D eigenvalue weighted by atomic mass is 32.1. The molecule has 0 radical (unpaired) electrons. The number of benzene rings is 2. The summed E-state index contributed by atoms with van der Waals surface area (Å²) in [4.78, 5) is 19.4. The first-order valence-corrected chi connectivity index (χ1v) is 12.8. The quantitative estimate of drug-likeness (QED) is 0.385. The van der Waals surface area contributed by atoms with Crippen LogP contribution >= 0.6 is 11.3 Å². The molecule has 0 saturated heterocycles. The van der Waals surface area contributed by atoms with Crippen molar-refractivity contribution < 1.29 is 13.9 Å². The number of methoxy groups -OCH3 is 1. The average molecular weight is 503 g/mol. The van der Waals surface area contributed by atoms with Gasteiger partial charge in [0.1, 0.15) is 16.6 Å². The van der Waals surface area contributed by atoms with Gasteiger partial charge in [-0.1, -0.05) is 18.2 Å². The van der Waals surface area contributed by atoms with Gasteiger partial charge in [0.25, 0.3) is 0 Å². The smallest absolute Gasteiger partial charge is 0.322 e. The Labute approximate surface area is 213 Å². The molecule has 2 aromatic carbocycles. The molecule has 2 amide bonds. The molecular weight excluding hydrogens is 475 g/mol. The number of aromatic nitrogens is 1. The first-order chi connectivity index (χ1) is 17.5. The number of nitrogens with one attached hydrogen (secondary N) is 1. The lowest BCUT2D eigenvalue weighted by atomic mass is 10.00. The number of urea groups is 1. The Kier molecular flexibility index (Phi) is 5.78. The van der Waals surface area contributed by atoms with E-state index in [0.717, 1.165) is 36.5 Å². The Morgan fingerprint density at radius 2 is 1.92 bits per heavy atom. The van der Waals surface area contributed by atoms with E-state index in [1.165, 1.54) is 33.1 Å². The summed E-state index contributed by atoms with van der Waals surface area (Å²) in [5, 5.41) is 4.12. The van der Waals surface area contributed by atoms with Crippen molar-refractivity contribution in [3.05, 3.63) is 99.9 Å². The molecule has 6 nitrogen and oxygen atoms in total. The van der Waals surface area contributed by atoms with E-state index >= 15 is 0 Å². The summed E-state index contributed by atoms with van der Waals surface area (Å²) in [6.45, 7) is 2.37. The van der Waals surface area contributed by atoms with Gasteiger partial charge in [0.15, 0.2) is 0 Å². The summed E-state index contributed by atoms with van der Waals surface area (Å²) in [5.41, 5.74) is 4.98. The Morgan fingerprint density at radius 1 is 1.08 bits per heavy atom. The second-order valence-electron chi connectivity index (χ2n) is 9.32. The van der Waals surface area contributed by atoms with Crippen LogP contribution in [0.5, 0.6) is 5.75 Å². The number of nitrogens with zero attached hydrogens (tertiary/aromatic N) is 3. The number of amides is 2. The maximum absolute atomic E-state index is 13.9. The largest absolute Gasteiger partial charge is 0.497 e. The summed E-state index contributed by atoms with van der Waals surface area (Å²) in [6, 6.07) is 17.4. The van der Waals surface area contributed by atoms with E-state index in [1.807, 2.05) is 46.6 Å². The predicted molar refractivity (Wildman–Crippen MR) is 139 cm³/mol. The second kappa shape index (κ2) is 9.11. The monoisotopic (exact) mass is 502 g/mol. The van der Waals surface area contributed by atoms with E-state index in [1.54, 1.807) is 19.2 Å². The van der Waals surface area contributed by atoms with Crippen LogP contribution in [0.25, 0.3) is 5.00 Å². The molecule has 0 saturated carbocycles. The summed E-state index contributed by atoms with van der Waals surface area (Å²) in [5.74, 6) is 0.373. The summed E-state index contributed by atoms with van der Waals surface area (Å²) in [7, 11) is 3.79. The van der Waals surface area contributed by atoms with Crippen LogP contribution in [-0.4, -0.2) is 41.1 Å². The zero-order valence-electron chi connectivity index (χ0n) is 20.2. The van der Waals surface area contributed by atoms with E-state index in [9.17, 15) is 9.18 Å². The molecule has 0 aliphatic carbocycles. The van der Waals surface area contributed by atoms with Crippen LogP contribution in [0.1, 0.15) is 33.3 Å². The van der Waals surface area contributed by atoms with Gasteiger partial charge in [-0.3, -0.25) is 0 Å². The number of halogens is 1. The second-order valence-corrected chi connectivity index (χ2v) is 10.4. The van der Waals surface area contributed by atoms with Crippen molar-refractivity contribution in [2.75, 3.05) is 26.0 Å². The van der Waals surface area contributed by atoms with Gasteiger partial charge in [0.05, 0.1) is 25.4 Å². The predicted octanol–water partition coefficient (Wildman–Crippen LogP) is 5.81. The molecule has 4 heterocycles. The van der Waals surface area contributed by atoms with E-state index in [0.29, 0.717) is 12.2 Å². The maximum atomic E-state index is 13.9. The third kappa shape index (κ3) is 3.96. The molecular formula is C28H27FN4O2S. The van der Waals surface area contributed by atoms with E-state index in [4.69, 9.17) is 4.74 Å². The van der Waals surface area contributed by atoms with Crippen molar-refractivity contribution in [3.8, 4) is 10.8 Å². The van der Waals surface area contributed by atoms with Gasteiger partial charge in [-0.25, -0.2) is 9.18 Å². The Hall–Kier alpha value is -3.62. The lowest BCUT2D eigenvalue weighted by molar-refractivity contribution is 0.194. The molecule has 184 valence electrons. The van der Waals surface area contributed by atoms with Crippen molar-refractivity contribution in [1.82, 2.24) is 14.4 Å². The van der Waals surface area contributed by atoms with Crippen LogP contribution in [0, 0.1) is 5.82 Å². The fourth-order valence-corrected chi connectivity index (χ4v) is 6.69. The SMILES string of the molecule is COc1ccc(C2c3cccn3-c3sc4c(c3CN2C(=O)Nc2cccc(F)c2)CCN(C)C4)cc1. The maximum Gasteiger partial charge on any atom is 0.322 e. The molecule has 1 atom stereocenters. The lowest BCUT2D eigenvalue weighted by Crippen LogP contribution is -2.38. The molecule has 0 bridgehead atoms. The molecule has 8 heteroatoms. The summed E-state index contributed by atoms with van der Waals surface area (Å²) in [6.07, 6.45) is 3.05. The Balaban J connectivity index is 1.48. The molecule has 6 rings (SSSR count). The van der Waals surface area contributed by atoms with Crippen molar-refractivity contribution in [2.45, 2.75) is 25.6 Å². The molecule has 2 aliphatic heterocycles. The molecule has 1 unspecified atom stereocenters. The van der Waals surface area contributed by atoms with E-state index < -0.39 is 0 Å². The van der Waals surface area contributed by atoms with Gasteiger partial charge in [-0.05, 0) is 67.1 Å². The highest BCUT2D eigenvalue weighted by Gasteiger charge is 2.36. The standard InChI is InChI=1S/C28H27FN4O2S/c1-31-14-12-22-23-16-33(28(34)30-20-6-3-5-19(29)15-20)26(18-8-10-21(35-2)11-9-18)24-7-4-13-32(24)27(23)36-25(22)17-31/h3-11,13,15,26H,12,14,16-17H2,1-2H3,(H,30,34). The third-order valence-corrected chi connectivity index (χ3v) is 8.28. The van der Waals surface area contributed by atoms with Gasteiger partial charge in [-0.2, -0.15) is 0 Å². The number of hydrogen-bond donors (Lipinski definition) is 1. The van der Waals surface area contributed by atoms with E-state index in [-0.39, 0.29) is 17.9 Å². The third-order valence-electron chi connectivity index (χ3n) is 7.02. The number of rotatable bonds is 3. The number of carbonyl (C=O) groups is 1. The minimum atomic E-state index is -0.387. The number of anilines is 1. The molecule has 0 spiro atoms. The van der Waals surface area contributed by atoms with Crippen molar-refractivity contribution in [1.29, 1.82) is 0 Å². The Bertz CT molecular complexity index is 1430. The molecule has 36 heavy (non-hydrogen) atoms. The van der Waals surface area contributed by atoms with Crippen molar-refractivity contribution >= 4 is 23.1 Å². The average Bonchev–Trinajstić information content (AvgIpc) is 3.45. The van der Waals surface area contributed by atoms with Crippen LogP contribution in [0.15, 0.2) is 66.9 Å². The van der Waals surface area contributed by atoms with Gasteiger partial charge in [0, 0.05) is 35.4 Å². The number of ether oxygens (including phenoxy) is 1. The first-order valence-electron chi connectivity index (χ1n) is 12.0. The van der Waals surface area contributed by atoms with Crippen LogP contribution < -0.4 is 10.1 Å². The fourth-order valence-electron chi connectivity index (χ4n) is 5.25. The number of likely N-dealkylation sites (N-methyl/N-ethyl adjacent to an activating group) is 1. The van der Waals surface area contributed by atoms with Crippen molar-refractivity contribution in [2.24, 2.45) is 0 Å². The van der Waals surface area contributed by atoms with Gasteiger partial charge in [-0.15, -0.1) is 11.3 Å². The molecule has 0 fully saturated rings. The molecule has 4 aromatic rings. The van der Waals surface area contributed by atoms with Gasteiger partial charge < -0.3 is 24.4 Å². The lowest BCUT2D eigenvalue weighted by Gasteiger charge is -2.32. The fraction of sp³-hybridized carbons (Fsp3) is 0.250. The van der Waals surface area contributed by atoms with Gasteiger partial charge >= 0.3 is 6.03 Å². The van der Waals surface area contributed by atoms with E-state index in [2.05, 4.69) is 34.1 Å². The number of thiophene rings is 1. The number of hydrogen-bond acceptors (Lipinski definition) is 4. The van der Waals surface area contributed by atoms with Crippen LogP contribution in [0.2, 0.25) is 0 Å². The van der Waals surface area contributed by atoms with Gasteiger partial charge in [0.2, 0.25) is 0 Å².